The zero-order valence-electron chi connectivity index (χ0n) is 21.2. The molecular formula is C27H28BrF3N8. The third-order valence-corrected chi connectivity index (χ3v) is 7.86. The minimum Gasteiger partial charge on any atom is -0.369 e. The number of aromatic nitrogens is 4. The third-order valence-electron chi connectivity index (χ3n) is 7.27. The fraction of sp³-hybridized carbons (Fsp3) is 0.370. The Morgan fingerprint density at radius 2 is 1.59 bits per heavy atom. The van der Waals surface area contributed by atoms with Crippen molar-refractivity contribution >= 4 is 38.5 Å². The van der Waals surface area contributed by atoms with E-state index in [9.17, 15) is 13.2 Å². The van der Waals surface area contributed by atoms with Crippen molar-refractivity contribution in [2.24, 2.45) is 0 Å². The van der Waals surface area contributed by atoms with Gasteiger partial charge < -0.3 is 20.1 Å². The molecule has 2 aliphatic heterocycles. The molecule has 0 amide bonds. The van der Waals surface area contributed by atoms with Gasteiger partial charge in [0.2, 0.25) is 0 Å². The average molecular weight is 601 g/mol. The van der Waals surface area contributed by atoms with Gasteiger partial charge >= 0.3 is 6.18 Å². The highest BCUT2D eigenvalue weighted by Gasteiger charge is 2.32. The van der Waals surface area contributed by atoms with E-state index in [0.717, 1.165) is 96.7 Å². The van der Waals surface area contributed by atoms with Crippen LogP contribution in [0.4, 0.5) is 24.5 Å². The Morgan fingerprint density at radius 1 is 0.846 bits per heavy atom. The number of imidazole rings is 1. The lowest BCUT2D eigenvalue weighted by Crippen LogP contribution is -2.46. The predicted octanol–water partition coefficient (Wildman–Crippen LogP) is 4.53. The quantitative estimate of drug-likeness (QED) is 0.348. The Morgan fingerprint density at radius 3 is 2.26 bits per heavy atom. The summed E-state index contributed by atoms with van der Waals surface area (Å²) in [6.07, 6.45) is -1.30. The number of nitrogens with one attached hydrogen (secondary N) is 2. The molecule has 2 N–H and O–H groups in total. The van der Waals surface area contributed by atoms with Crippen LogP contribution < -0.4 is 15.1 Å². The smallest absolute Gasteiger partial charge is 0.369 e. The first-order chi connectivity index (χ1) is 18.8. The number of fused-ring (bicyclic) bond motifs is 1. The highest BCUT2D eigenvalue weighted by molar-refractivity contribution is 9.10. The first-order valence-electron chi connectivity index (χ1n) is 12.9. The van der Waals surface area contributed by atoms with Gasteiger partial charge in [-0.2, -0.15) is 13.2 Å². The first-order valence-corrected chi connectivity index (χ1v) is 13.7. The van der Waals surface area contributed by atoms with Crippen molar-refractivity contribution in [3.63, 3.8) is 0 Å². The molecule has 2 saturated heterocycles. The van der Waals surface area contributed by atoms with Crippen molar-refractivity contribution in [1.29, 1.82) is 0 Å². The molecule has 6 rings (SSSR count). The van der Waals surface area contributed by atoms with E-state index >= 15 is 0 Å². The van der Waals surface area contributed by atoms with E-state index in [1.807, 2.05) is 0 Å². The number of hydrogen-bond donors (Lipinski definition) is 2. The zero-order valence-corrected chi connectivity index (χ0v) is 22.8. The summed E-state index contributed by atoms with van der Waals surface area (Å²) in [7, 11) is 0. The SMILES string of the molecule is FC(F)(F)c1ccc(CN2CCN(c3c(Br)cnc4[nH]c(-c5ccc(N6CCNCC6)cc5)nc34)CC2)cn1. The van der Waals surface area contributed by atoms with E-state index in [2.05, 4.69) is 75.2 Å². The molecule has 8 nitrogen and oxygen atoms in total. The lowest BCUT2D eigenvalue weighted by molar-refractivity contribution is -0.141. The van der Waals surface area contributed by atoms with Crippen LogP contribution in [0, 0.1) is 0 Å². The fourth-order valence-corrected chi connectivity index (χ4v) is 5.72. The van der Waals surface area contributed by atoms with Gasteiger partial charge in [0.15, 0.2) is 5.65 Å². The number of alkyl halides is 3. The number of halogens is 4. The van der Waals surface area contributed by atoms with Crippen LogP contribution in [-0.2, 0) is 12.7 Å². The average Bonchev–Trinajstić information content (AvgIpc) is 3.38. The van der Waals surface area contributed by atoms with Crippen LogP contribution in [0.2, 0.25) is 0 Å². The van der Waals surface area contributed by atoms with Gasteiger partial charge in [-0.1, -0.05) is 6.07 Å². The number of hydrogen-bond acceptors (Lipinski definition) is 7. The van der Waals surface area contributed by atoms with Crippen LogP contribution >= 0.6 is 15.9 Å². The van der Waals surface area contributed by atoms with Gasteiger partial charge in [0.25, 0.3) is 0 Å². The third kappa shape index (κ3) is 5.59. The number of rotatable bonds is 5. The zero-order chi connectivity index (χ0) is 27.0. The topological polar surface area (TPSA) is 76.2 Å². The summed E-state index contributed by atoms with van der Waals surface area (Å²) in [4.78, 5) is 23.4. The highest BCUT2D eigenvalue weighted by Crippen LogP contribution is 2.35. The molecule has 0 radical (unpaired) electrons. The van der Waals surface area contributed by atoms with Crippen LogP contribution in [-0.4, -0.2) is 77.2 Å². The van der Waals surface area contributed by atoms with Crippen LogP contribution in [0.5, 0.6) is 0 Å². The van der Waals surface area contributed by atoms with Gasteiger partial charge in [-0.15, -0.1) is 0 Å². The second-order valence-electron chi connectivity index (χ2n) is 9.83. The lowest BCUT2D eigenvalue weighted by atomic mass is 10.1. The Bertz CT molecular complexity index is 1420. The molecule has 39 heavy (non-hydrogen) atoms. The molecule has 0 unspecified atom stereocenters. The highest BCUT2D eigenvalue weighted by atomic mass is 79.9. The Labute approximate surface area is 232 Å². The van der Waals surface area contributed by atoms with E-state index in [1.165, 1.54) is 18.0 Å². The second kappa shape index (κ2) is 10.7. The maximum atomic E-state index is 12.8. The molecule has 3 aromatic heterocycles. The molecule has 0 saturated carbocycles. The first kappa shape index (κ1) is 26.0. The van der Waals surface area contributed by atoms with E-state index in [4.69, 9.17) is 4.98 Å². The summed E-state index contributed by atoms with van der Waals surface area (Å²) in [5, 5.41) is 3.38. The number of pyridine rings is 2. The van der Waals surface area contributed by atoms with Crippen LogP contribution in [0.1, 0.15) is 11.3 Å². The van der Waals surface area contributed by atoms with Gasteiger partial charge in [0, 0.05) is 82.5 Å². The Balaban J connectivity index is 1.16. The summed E-state index contributed by atoms with van der Waals surface area (Å²) in [5.41, 5.74) is 4.65. The van der Waals surface area contributed by atoms with Gasteiger partial charge in [0.05, 0.1) is 10.2 Å². The van der Waals surface area contributed by atoms with Crippen molar-refractivity contribution < 1.29 is 13.2 Å². The normalized spacial score (nSPS) is 17.2. The molecule has 4 aromatic rings. The van der Waals surface area contributed by atoms with Gasteiger partial charge in [-0.3, -0.25) is 9.88 Å². The number of aromatic amines is 1. The molecule has 0 bridgehead atoms. The largest absolute Gasteiger partial charge is 0.433 e. The summed E-state index contributed by atoms with van der Waals surface area (Å²) in [5.74, 6) is 0.775. The molecule has 204 valence electrons. The standard InChI is InChI=1S/C27H28BrF3N8/c28-21-16-34-26-23(35-25(36-26)19-2-4-20(5-3-19)38-9-7-32-8-10-38)24(21)39-13-11-37(12-14-39)17-18-1-6-22(33-15-18)27(29,30)31/h1-6,15-16,32H,7-14,17H2,(H,34,35,36). The van der Waals surface area contributed by atoms with Crippen LogP contribution in [0.3, 0.4) is 0 Å². The van der Waals surface area contributed by atoms with Crippen LogP contribution in [0.15, 0.2) is 53.3 Å². The van der Waals surface area contributed by atoms with Crippen molar-refractivity contribution in [3.05, 3.63) is 64.5 Å². The molecule has 5 heterocycles. The Kier molecular flexibility index (Phi) is 7.17. The molecule has 0 spiro atoms. The molecule has 0 atom stereocenters. The molecule has 2 fully saturated rings. The minimum absolute atomic E-state index is 0.558. The molecule has 12 heteroatoms. The number of nitrogens with zero attached hydrogens (tertiary/aromatic N) is 6. The van der Waals surface area contributed by atoms with Crippen LogP contribution in [0.25, 0.3) is 22.6 Å². The fourth-order valence-electron chi connectivity index (χ4n) is 5.18. The maximum Gasteiger partial charge on any atom is 0.433 e. The molecule has 1 aromatic carbocycles. The monoisotopic (exact) mass is 600 g/mol. The van der Waals surface area contributed by atoms with Gasteiger partial charge in [0.1, 0.15) is 17.0 Å². The molecule has 0 aliphatic carbocycles. The lowest BCUT2D eigenvalue weighted by Gasteiger charge is -2.36. The van der Waals surface area contributed by atoms with Crippen molar-refractivity contribution in [1.82, 2.24) is 30.2 Å². The summed E-state index contributed by atoms with van der Waals surface area (Å²) in [6, 6.07) is 11.0. The van der Waals surface area contributed by atoms with Gasteiger partial charge in [-0.25, -0.2) is 9.97 Å². The number of H-pyrrole nitrogens is 1. The van der Waals surface area contributed by atoms with E-state index in [0.29, 0.717) is 6.54 Å². The van der Waals surface area contributed by atoms with E-state index in [-0.39, 0.29) is 0 Å². The minimum atomic E-state index is -4.42. The molecular weight excluding hydrogens is 573 g/mol. The van der Waals surface area contributed by atoms with Crippen molar-refractivity contribution in [3.8, 4) is 11.4 Å². The summed E-state index contributed by atoms with van der Waals surface area (Å²) in [6.45, 7) is 7.59. The Hall–Kier alpha value is -3.22. The number of anilines is 2. The maximum absolute atomic E-state index is 12.8. The number of piperazine rings is 2. The van der Waals surface area contributed by atoms with E-state index < -0.39 is 11.9 Å². The molecule has 2 aliphatic rings. The summed E-state index contributed by atoms with van der Waals surface area (Å²) < 4.78 is 39.3. The second-order valence-corrected chi connectivity index (χ2v) is 10.7. The summed E-state index contributed by atoms with van der Waals surface area (Å²) >= 11 is 3.68. The van der Waals surface area contributed by atoms with Gasteiger partial charge in [-0.05, 0) is 51.8 Å². The van der Waals surface area contributed by atoms with E-state index in [1.54, 1.807) is 6.20 Å². The van der Waals surface area contributed by atoms with Crippen molar-refractivity contribution in [2.75, 3.05) is 62.2 Å². The predicted molar refractivity (Wildman–Crippen MR) is 149 cm³/mol. The number of benzene rings is 1. The van der Waals surface area contributed by atoms with Crippen molar-refractivity contribution in [2.45, 2.75) is 12.7 Å².